The van der Waals surface area contributed by atoms with Crippen molar-refractivity contribution in [3.05, 3.63) is 107 Å². The van der Waals surface area contributed by atoms with E-state index in [4.69, 9.17) is 5.73 Å². The van der Waals surface area contributed by atoms with E-state index in [0.717, 1.165) is 22.3 Å². The lowest BCUT2D eigenvalue weighted by atomic mass is 9.97. The summed E-state index contributed by atoms with van der Waals surface area (Å²) in [4.78, 5) is 56.9. The van der Waals surface area contributed by atoms with Gasteiger partial charge in [0.05, 0.1) is 0 Å². The van der Waals surface area contributed by atoms with Gasteiger partial charge in [0, 0.05) is 32.4 Å². The molecule has 0 unspecified atom stereocenters. The predicted molar refractivity (Wildman–Crippen MR) is 159 cm³/mol. The summed E-state index contributed by atoms with van der Waals surface area (Å²) in [5.74, 6) is -1.61. The molecule has 2 saturated heterocycles. The molecule has 0 aromatic heterocycles. The number of nitrogens with two attached hydrogens (primary N) is 1. The summed E-state index contributed by atoms with van der Waals surface area (Å²) in [6, 6.07) is 22.8. The monoisotopic (exact) mass is 567 g/mol. The number of nitrogens with one attached hydrogen (secondary N) is 3. The SMILES string of the molecule is NCc1ccccc1C[C@H]1NC(=O)[C@H](Cc2ccccc2)NC(=O)[C@H]2CCCN2C(=O)[C@H](Cc2ccccc2)NC1=O. The van der Waals surface area contributed by atoms with Crippen LogP contribution in [0.1, 0.15) is 35.1 Å². The van der Waals surface area contributed by atoms with Gasteiger partial charge in [0.25, 0.3) is 0 Å². The van der Waals surface area contributed by atoms with Crippen LogP contribution in [-0.4, -0.2) is 59.2 Å². The zero-order valence-electron chi connectivity index (χ0n) is 23.5. The van der Waals surface area contributed by atoms with Crippen LogP contribution in [0.5, 0.6) is 0 Å². The molecule has 2 aliphatic heterocycles. The van der Waals surface area contributed by atoms with Crippen LogP contribution >= 0.6 is 0 Å². The Kier molecular flexibility index (Phi) is 9.28. The number of hydrogen-bond donors (Lipinski definition) is 4. The highest BCUT2D eigenvalue weighted by Gasteiger charge is 2.40. The number of rotatable bonds is 7. The second kappa shape index (κ2) is 13.4. The molecule has 2 aliphatic rings. The largest absolute Gasteiger partial charge is 0.342 e. The van der Waals surface area contributed by atoms with E-state index < -0.39 is 36.0 Å². The minimum Gasteiger partial charge on any atom is -0.342 e. The first-order valence-electron chi connectivity index (χ1n) is 14.5. The standard InChI is InChI=1S/C33H37N5O4/c34-21-25-15-8-7-14-24(25)20-27-31(40)37-28(19-23-12-5-2-6-13-23)33(42)38-17-9-16-29(38)32(41)36-26(30(39)35-27)18-22-10-3-1-4-11-22/h1-8,10-15,26-29H,9,16-21,34H2,(H,35,39)(H,36,41)(H,37,40)/t26-,27+,28-,29+/m0/s1. The van der Waals surface area contributed by atoms with Crippen molar-refractivity contribution in [1.29, 1.82) is 0 Å². The van der Waals surface area contributed by atoms with E-state index in [1.165, 1.54) is 0 Å². The van der Waals surface area contributed by atoms with E-state index >= 15 is 0 Å². The molecule has 218 valence electrons. The molecule has 4 amide bonds. The first-order valence-corrected chi connectivity index (χ1v) is 14.5. The number of amides is 4. The zero-order valence-corrected chi connectivity index (χ0v) is 23.5. The molecule has 5 N–H and O–H groups in total. The van der Waals surface area contributed by atoms with Gasteiger partial charge in [-0.15, -0.1) is 0 Å². The summed E-state index contributed by atoms with van der Waals surface area (Å²) >= 11 is 0. The van der Waals surface area contributed by atoms with E-state index in [0.29, 0.717) is 19.4 Å². The Balaban J connectivity index is 1.51. The third-order valence-corrected chi connectivity index (χ3v) is 8.05. The number of carbonyl (C=O) groups is 4. The Hall–Kier alpha value is -4.50. The molecule has 2 fully saturated rings. The van der Waals surface area contributed by atoms with Gasteiger partial charge in [-0.05, 0) is 35.1 Å². The molecule has 0 radical (unpaired) electrons. The van der Waals surface area contributed by atoms with Gasteiger partial charge in [0.15, 0.2) is 0 Å². The van der Waals surface area contributed by atoms with Crippen LogP contribution in [0.15, 0.2) is 84.9 Å². The highest BCUT2D eigenvalue weighted by Crippen LogP contribution is 2.21. The van der Waals surface area contributed by atoms with Crippen molar-refractivity contribution in [2.24, 2.45) is 5.73 Å². The molecule has 3 aromatic rings. The summed E-state index contributed by atoms with van der Waals surface area (Å²) < 4.78 is 0. The number of carbonyl (C=O) groups excluding carboxylic acids is 4. The van der Waals surface area contributed by atoms with Crippen molar-refractivity contribution in [2.45, 2.75) is 62.8 Å². The first kappa shape index (κ1) is 29.0. The van der Waals surface area contributed by atoms with Crippen molar-refractivity contribution < 1.29 is 19.2 Å². The highest BCUT2D eigenvalue weighted by atomic mass is 16.2. The number of hydrogen-bond acceptors (Lipinski definition) is 5. The fraction of sp³-hybridized carbons (Fsp3) is 0.333. The van der Waals surface area contributed by atoms with Crippen LogP contribution in [0.3, 0.4) is 0 Å². The maximum absolute atomic E-state index is 14.0. The lowest BCUT2D eigenvalue weighted by molar-refractivity contribution is -0.143. The van der Waals surface area contributed by atoms with Crippen molar-refractivity contribution >= 4 is 23.6 Å². The molecule has 0 bridgehead atoms. The smallest absolute Gasteiger partial charge is 0.246 e. The Labute approximate surface area is 245 Å². The second-order valence-electron chi connectivity index (χ2n) is 10.9. The fourth-order valence-electron chi connectivity index (χ4n) is 5.81. The van der Waals surface area contributed by atoms with Crippen LogP contribution in [0.4, 0.5) is 0 Å². The third kappa shape index (κ3) is 6.86. The van der Waals surface area contributed by atoms with Gasteiger partial charge in [0.2, 0.25) is 23.6 Å². The van der Waals surface area contributed by atoms with Crippen LogP contribution in [0.2, 0.25) is 0 Å². The van der Waals surface area contributed by atoms with Crippen molar-refractivity contribution in [2.75, 3.05) is 6.54 Å². The van der Waals surface area contributed by atoms with Gasteiger partial charge in [-0.25, -0.2) is 0 Å². The van der Waals surface area contributed by atoms with Gasteiger partial charge in [0.1, 0.15) is 24.2 Å². The minimum atomic E-state index is -1.000. The van der Waals surface area contributed by atoms with Gasteiger partial charge in [-0.2, -0.15) is 0 Å². The van der Waals surface area contributed by atoms with E-state index in [1.807, 2.05) is 84.9 Å². The maximum atomic E-state index is 14.0. The molecule has 0 spiro atoms. The van der Waals surface area contributed by atoms with Gasteiger partial charge in [-0.1, -0.05) is 84.9 Å². The molecule has 4 atom stereocenters. The van der Waals surface area contributed by atoms with Crippen LogP contribution in [-0.2, 0) is 45.0 Å². The summed E-state index contributed by atoms with van der Waals surface area (Å²) in [6.07, 6.45) is 1.82. The van der Waals surface area contributed by atoms with E-state index in [1.54, 1.807) is 4.90 Å². The summed E-state index contributed by atoms with van der Waals surface area (Å²) in [6.45, 7) is 0.678. The Morgan fingerprint density at radius 3 is 1.74 bits per heavy atom. The molecule has 0 aliphatic carbocycles. The van der Waals surface area contributed by atoms with Crippen LogP contribution in [0, 0.1) is 0 Å². The van der Waals surface area contributed by atoms with Gasteiger partial charge >= 0.3 is 0 Å². The van der Waals surface area contributed by atoms with E-state index in [-0.39, 0.29) is 37.6 Å². The first-order chi connectivity index (χ1) is 20.4. The van der Waals surface area contributed by atoms with Crippen molar-refractivity contribution in [3.8, 4) is 0 Å². The van der Waals surface area contributed by atoms with Crippen LogP contribution in [0.25, 0.3) is 0 Å². The average Bonchev–Trinajstić information content (AvgIpc) is 3.51. The average molecular weight is 568 g/mol. The molecular formula is C33H37N5O4. The normalized spacial score (nSPS) is 23.2. The zero-order chi connectivity index (χ0) is 29.5. The quantitative estimate of drug-likeness (QED) is 0.345. The Bertz CT molecular complexity index is 1410. The number of nitrogens with zero attached hydrogens (tertiary/aromatic N) is 1. The summed E-state index contributed by atoms with van der Waals surface area (Å²) in [7, 11) is 0. The molecule has 42 heavy (non-hydrogen) atoms. The fourth-order valence-corrected chi connectivity index (χ4v) is 5.81. The Morgan fingerprint density at radius 2 is 1.12 bits per heavy atom. The molecule has 3 aromatic carbocycles. The molecule has 9 heteroatoms. The number of fused-ring (bicyclic) bond motifs is 1. The lowest BCUT2D eigenvalue weighted by Gasteiger charge is -2.32. The molecule has 9 nitrogen and oxygen atoms in total. The van der Waals surface area contributed by atoms with Crippen LogP contribution < -0.4 is 21.7 Å². The maximum Gasteiger partial charge on any atom is 0.246 e. The van der Waals surface area contributed by atoms with Gasteiger partial charge < -0.3 is 26.6 Å². The lowest BCUT2D eigenvalue weighted by Crippen LogP contribution is -2.62. The second-order valence-corrected chi connectivity index (χ2v) is 10.9. The third-order valence-electron chi connectivity index (χ3n) is 8.05. The summed E-state index contributed by atoms with van der Waals surface area (Å²) in [5, 5.41) is 8.76. The Morgan fingerprint density at radius 1 is 0.619 bits per heavy atom. The molecule has 2 heterocycles. The molecule has 5 rings (SSSR count). The molecular weight excluding hydrogens is 530 g/mol. The molecule has 0 saturated carbocycles. The van der Waals surface area contributed by atoms with E-state index in [2.05, 4.69) is 16.0 Å². The summed E-state index contributed by atoms with van der Waals surface area (Å²) in [5.41, 5.74) is 9.39. The predicted octanol–water partition coefficient (Wildman–Crippen LogP) is 1.63. The minimum absolute atomic E-state index is 0.176. The highest BCUT2D eigenvalue weighted by molar-refractivity contribution is 5.98. The topological polar surface area (TPSA) is 134 Å². The van der Waals surface area contributed by atoms with Crippen molar-refractivity contribution in [3.63, 3.8) is 0 Å². The number of benzene rings is 3. The van der Waals surface area contributed by atoms with E-state index in [9.17, 15) is 19.2 Å². The van der Waals surface area contributed by atoms with Crippen molar-refractivity contribution in [1.82, 2.24) is 20.9 Å². The van der Waals surface area contributed by atoms with Gasteiger partial charge in [-0.3, -0.25) is 19.2 Å².